The van der Waals surface area contributed by atoms with Gasteiger partial charge in [0.15, 0.2) is 17.7 Å². The van der Waals surface area contributed by atoms with E-state index >= 15 is 0 Å². The fraction of sp³-hybridized carbons (Fsp3) is 0.457. The summed E-state index contributed by atoms with van der Waals surface area (Å²) in [4.78, 5) is 16.5. The number of nitrogens with two attached hydrogens (primary N) is 1. The van der Waals surface area contributed by atoms with Crippen molar-refractivity contribution in [2.75, 3.05) is 0 Å². The summed E-state index contributed by atoms with van der Waals surface area (Å²) in [5, 5.41) is 27.0. The zero-order valence-corrected chi connectivity index (χ0v) is 31.5. The predicted molar refractivity (Wildman–Crippen MR) is 212 cm³/mol. The highest BCUT2D eigenvalue weighted by Gasteiger charge is 2.47. The molecule has 0 radical (unpaired) electrons. The lowest BCUT2D eigenvalue weighted by molar-refractivity contribution is -0.121. The molecule has 0 amide bonds. The number of unbranched alkanes of at least 4 members (excludes halogenated alkanes) is 2. The van der Waals surface area contributed by atoms with Crippen molar-refractivity contribution < 1.29 is 24.5 Å². The monoisotopic (exact) mass is 738 g/mol. The van der Waals surface area contributed by atoms with E-state index in [1.54, 1.807) is 0 Å². The van der Waals surface area contributed by atoms with Gasteiger partial charge in [0.2, 0.25) is 0 Å². The van der Waals surface area contributed by atoms with Gasteiger partial charge in [0, 0.05) is 48.9 Å². The Bertz CT molecular complexity index is 2290. The first-order valence-electron chi connectivity index (χ1n) is 20.3. The average molecular weight is 739 g/mol. The molecule has 2 aromatic carbocycles. The number of nitrogens with one attached hydrogen (secondary N) is 2. The van der Waals surface area contributed by atoms with Crippen LogP contribution >= 0.6 is 0 Å². The lowest BCUT2D eigenvalue weighted by atomic mass is 9.71. The molecule has 0 saturated heterocycles. The Balaban J connectivity index is 1.12. The smallest absolute Gasteiger partial charge is 0.191 e. The number of H-pyrrole nitrogens is 1. The van der Waals surface area contributed by atoms with E-state index in [4.69, 9.17) is 15.2 Å². The van der Waals surface area contributed by atoms with Crippen LogP contribution in [0.5, 0.6) is 11.5 Å². The summed E-state index contributed by atoms with van der Waals surface area (Å²) in [5.74, 6) is 11.2. The second kappa shape index (κ2) is 14.6. The molecule has 6 N–H and O–H groups in total. The summed E-state index contributed by atoms with van der Waals surface area (Å²) in [6, 6.07) is 9.85. The van der Waals surface area contributed by atoms with Crippen molar-refractivity contribution >= 4 is 22.3 Å². The minimum absolute atomic E-state index is 0.0361. The lowest BCUT2D eigenvalue weighted by Gasteiger charge is -2.37. The maximum absolute atomic E-state index is 12.9. The van der Waals surface area contributed by atoms with Crippen molar-refractivity contribution in [3.05, 3.63) is 88.5 Å². The summed E-state index contributed by atoms with van der Waals surface area (Å²) in [6.07, 6.45) is 19.2. The largest absolute Gasteiger partial charge is 0.465 e. The number of ether oxygens (including phenoxy) is 2. The summed E-state index contributed by atoms with van der Waals surface area (Å²) in [5.41, 5.74) is 14.5. The van der Waals surface area contributed by atoms with Crippen LogP contribution in [-0.4, -0.2) is 31.7 Å². The van der Waals surface area contributed by atoms with Gasteiger partial charge in [-0.25, -0.2) is 0 Å². The number of aliphatic hydroxyl groups is 2. The Morgan fingerprint density at radius 2 is 1.95 bits per heavy atom. The van der Waals surface area contributed by atoms with Gasteiger partial charge in [0.25, 0.3) is 0 Å². The van der Waals surface area contributed by atoms with Gasteiger partial charge in [-0.1, -0.05) is 75.0 Å². The van der Waals surface area contributed by atoms with Gasteiger partial charge in [0.1, 0.15) is 24.2 Å². The number of aliphatic hydroxyl groups excluding tert-OH is 2. The van der Waals surface area contributed by atoms with Gasteiger partial charge in [-0.3, -0.25) is 4.79 Å². The number of ketones is 1. The Kier molecular flexibility index (Phi) is 9.50. The molecule has 2 aliphatic carbocycles. The van der Waals surface area contributed by atoms with Crippen LogP contribution in [0.1, 0.15) is 142 Å². The van der Waals surface area contributed by atoms with Gasteiger partial charge in [-0.2, -0.15) is 0 Å². The van der Waals surface area contributed by atoms with Crippen LogP contribution in [0.25, 0.3) is 16.5 Å². The first kappa shape index (κ1) is 35.8. The van der Waals surface area contributed by atoms with Gasteiger partial charge >= 0.3 is 0 Å². The average Bonchev–Trinajstić information content (AvgIpc) is 3.93. The number of nitrogens with zero attached hydrogens (tertiary/aromatic N) is 1. The third-order valence-corrected chi connectivity index (χ3v) is 12.7. The van der Waals surface area contributed by atoms with Crippen LogP contribution in [0, 0.1) is 35.2 Å². The number of aromatic nitrogens is 2. The maximum atomic E-state index is 12.9. The summed E-state index contributed by atoms with van der Waals surface area (Å²) >= 11 is 0. The Labute approximate surface area is 322 Å². The molecule has 9 nitrogen and oxygen atoms in total. The highest BCUT2D eigenvalue weighted by molar-refractivity contribution is 5.86. The topological polar surface area (TPSA) is 135 Å². The molecule has 4 aromatic rings. The van der Waals surface area contributed by atoms with E-state index in [1.165, 1.54) is 11.1 Å². The predicted octanol–water partition coefficient (Wildman–Crippen LogP) is 7.79. The Morgan fingerprint density at radius 1 is 1.09 bits per heavy atom. The number of carbonyl (C=O) groups excluding carboxylic acids is 1. The van der Waals surface area contributed by atoms with Gasteiger partial charge < -0.3 is 40.3 Å². The number of aryl methyl sites for hydroxylation is 1. The molecule has 6 atom stereocenters. The molecule has 0 unspecified atom stereocenters. The Morgan fingerprint density at radius 3 is 2.80 bits per heavy atom. The van der Waals surface area contributed by atoms with Crippen molar-refractivity contribution in [1.29, 1.82) is 0 Å². The molecule has 5 heterocycles. The lowest BCUT2D eigenvalue weighted by Crippen LogP contribution is -2.36. The third-order valence-electron chi connectivity index (χ3n) is 12.7. The second-order valence-electron chi connectivity index (χ2n) is 16.3. The number of carbonyl (C=O) groups is 1. The van der Waals surface area contributed by atoms with E-state index in [0.29, 0.717) is 30.8 Å². The zero-order chi connectivity index (χ0) is 37.7. The molecule has 9 heteroatoms. The number of Topliss-reactive ketones (excluding diaryl/α,β-unsaturated/α-hetero) is 1. The van der Waals surface area contributed by atoms with Crippen LogP contribution in [-0.2, 0) is 11.2 Å². The molecule has 284 valence electrons. The van der Waals surface area contributed by atoms with Gasteiger partial charge in [0.05, 0.1) is 23.0 Å². The highest BCUT2D eigenvalue weighted by Crippen LogP contribution is 2.52. The van der Waals surface area contributed by atoms with Gasteiger partial charge in [-0.05, 0) is 89.6 Å². The molecular formula is C46H50N4O5. The van der Waals surface area contributed by atoms with Crippen molar-refractivity contribution in [3.63, 3.8) is 0 Å². The van der Waals surface area contributed by atoms with E-state index in [-0.39, 0.29) is 24.3 Å². The first-order valence-corrected chi connectivity index (χ1v) is 20.3. The van der Waals surface area contributed by atoms with Crippen LogP contribution in [0.3, 0.4) is 0 Å². The van der Waals surface area contributed by atoms with Crippen LogP contribution in [0.15, 0.2) is 55.1 Å². The van der Waals surface area contributed by atoms with E-state index in [0.717, 1.165) is 96.5 Å². The number of rotatable bonds is 9. The minimum atomic E-state index is -1.03. The second-order valence-corrected chi connectivity index (χ2v) is 16.3. The number of hydrogen-bond acceptors (Lipinski definition) is 7. The van der Waals surface area contributed by atoms with Gasteiger partial charge in [-0.15, -0.1) is 0 Å². The van der Waals surface area contributed by atoms with E-state index in [1.807, 2.05) is 36.5 Å². The third kappa shape index (κ3) is 6.53. The molecule has 1 saturated carbocycles. The Hall–Kier alpha value is -4.93. The fourth-order valence-corrected chi connectivity index (χ4v) is 9.80. The molecule has 5 aliphatic rings. The SMILES string of the molecule is CCCCC[C@@H](O)CC(=O)CCc1ccc2c(c1)O[C@H]1[C@@H](C#C[C@H](O)c3ccc4c5c3[C@H](CCC5=CN[C@@H]4N)c3c[nH]c4cn1cc34)C1(C#CO2)CCCC1. The fourth-order valence-electron chi connectivity index (χ4n) is 9.80. The standard InChI is InChI=1S/C46H50N4O5/c1-2-3-4-7-30(51)23-31(52)11-8-28-9-17-40-41(22-28)55-45-37(46(20-21-54-40)18-5-6-19-46)15-16-39(53)33-13-14-34-42-29(24-49-44(34)47)10-12-32(43(33)42)35-25-48-38-27-50(45)26-36(35)38/h9,13-14,17,22,24-27,30,32,37,39,44-45,48-49,51,53H,2-8,10-12,18-19,23,47H2,1H3/t30-,32-,37-,39+,44+,45+/m1/s1. The molecule has 3 aliphatic heterocycles. The quantitative estimate of drug-likeness (QED) is 0.0875. The van der Waals surface area contributed by atoms with Crippen molar-refractivity contribution in [2.45, 2.75) is 121 Å². The molecule has 2 bridgehead atoms. The molecule has 1 fully saturated rings. The zero-order valence-electron chi connectivity index (χ0n) is 31.5. The molecule has 9 rings (SSSR count). The normalized spacial score (nSPS) is 24.6. The molecule has 55 heavy (non-hydrogen) atoms. The minimum Gasteiger partial charge on any atom is -0.465 e. The van der Waals surface area contributed by atoms with Crippen LogP contribution < -0.4 is 20.5 Å². The van der Waals surface area contributed by atoms with E-state index in [9.17, 15) is 15.0 Å². The van der Waals surface area contributed by atoms with Crippen molar-refractivity contribution in [3.8, 4) is 35.4 Å². The summed E-state index contributed by atoms with van der Waals surface area (Å²) in [7, 11) is 0. The number of allylic oxidation sites excluding steroid dienone is 1. The van der Waals surface area contributed by atoms with Crippen molar-refractivity contribution in [1.82, 2.24) is 14.9 Å². The van der Waals surface area contributed by atoms with Crippen LogP contribution in [0.2, 0.25) is 0 Å². The number of fused-ring (bicyclic) bond motifs is 6. The molecular weight excluding hydrogens is 689 g/mol. The highest BCUT2D eigenvalue weighted by atomic mass is 16.5. The summed E-state index contributed by atoms with van der Waals surface area (Å²) < 4.78 is 15.4. The van der Waals surface area contributed by atoms with E-state index in [2.05, 4.69) is 64.2 Å². The number of aromatic amines is 1. The first-order chi connectivity index (χ1) is 26.8. The number of benzene rings is 2. The number of hydrogen-bond donors (Lipinski definition) is 5. The van der Waals surface area contributed by atoms with Crippen LogP contribution in [0.4, 0.5) is 0 Å². The summed E-state index contributed by atoms with van der Waals surface area (Å²) in [6.45, 7) is 2.13. The maximum Gasteiger partial charge on any atom is 0.191 e. The molecule has 2 aromatic heterocycles. The van der Waals surface area contributed by atoms with E-state index < -0.39 is 29.8 Å². The van der Waals surface area contributed by atoms with Crippen molar-refractivity contribution in [2.24, 2.45) is 17.1 Å². The molecule has 1 spiro atoms.